The number of hydrogen-bond acceptors (Lipinski definition) is 5. The number of nitrogens with zero attached hydrogens (tertiary/aromatic N) is 2. The molecule has 0 aromatic heterocycles. The number of sulfonamides is 1. The van der Waals surface area contributed by atoms with Gasteiger partial charge in [-0.2, -0.15) is 4.31 Å². The van der Waals surface area contributed by atoms with Crippen molar-refractivity contribution in [1.82, 2.24) is 9.21 Å². The molecule has 0 aliphatic carbocycles. The van der Waals surface area contributed by atoms with Crippen LogP contribution in [0.2, 0.25) is 0 Å². The highest BCUT2D eigenvalue weighted by atomic mass is 32.2. The number of benzene rings is 1. The van der Waals surface area contributed by atoms with Gasteiger partial charge in [-0.25, -0.2) is 8.42 Å². The number of hydrogen-bond donors (Lipinski definition) is 0. The van der Waals surface area contributed by atoms with E-state index < -0.39 is 10.0 Å². The second-order valence-corrected chi connectivity index (χ2v) is 8.45. The van der Waals surface area contributed by atoms with Gasteiger partial charge in [0.15, 0.2) is 0 Å². The van der Waals surface area contributed by atoms with Gasteiger partial charge >= 0.3 is 0 Å². The Balaban J connectivity index is 1.82. The van der Waals surface area contributed by atoms with Crippen molar-refractivity contribution < 1.29 is 22.7 Å². The van der Waals surface area contributed by atoms with Crippen LogP contribution in [-0.4, -0.2) is 75.1 Å². The van der Waals surface area contributed by atoms with E-state index in [2.05, 4.69) is 0 Å². The van der Waals surface area contributed by atoms with Crippen molar-refractivity contribution in [3.63, 3.8) is 0 Å². The predicted octanol–water partition coefficient (Wildman–Crippen LogP) is 0.957. The number of amides is 1. The van der Waals surface area contributed by atoms with Gasteiger partial charge in [0.05, 0.1) is 30.3 Å². The second kappa shape index (κ2) is 7.41. The molecule has 2 saturated heterocycles. The molecule has 0 N–H and O–H groups in total. The Labute approximate surface area is 148 Å². The molecule has 0 spiro atoms. The Hall–Kier alpha value is -1.48. The topological polar surface area (TPSA) is 76.2 Å². The number of ether oxygens (including phenoxy) is 2. The van der Waals surface area contributed by atoms with Crippen molar-refractivity contribution in [2.75, 3.05) is 39.4 Å². The molecule has 1 amide bonds. The van der Waals surface area contributed by atoms with Crippen molar-refractivity contribution in [2.24, 2.45) is 0 Å². The first-order chi connectivity index (χ1) is 11.9. The lowest BCUT2D eigenvalue weighted by molar-refractivity contribution is -0.0586. The normalized spacial score (nSPS) is 25.8. The summed E-state index contributed by atoms with van der Waals surface area (Å²) in [6.07, 6.45) is -0.0686. The Bertz CT molecular complexity index is 720. The standard InChI is InChI=1S/C17H24N2O5S/c1-13-11-18(12-14(2)24-13)17(20)15-4-3-5-16(10-15)25(21,22)19-6-8-23-9-7-19/h3-5,10,13-14H,6-9,11-12H2,1-2H3/t13-,14+. The zero-order valence-corrected chi connectivity index (χ0v) is 15.4. The van der Waals surface area contributed by atoms with E-state index in [4.69, 9.17) is 9.47 Å². The fourth-order valence-corrected chi connectivity index (χ4v) is 4.71. The highest BCUT2D eigenvalue weighted by Crippen LogP contribution is 2.20. The highest BCUT2D eigenvalue weighted by molar-refractivity contribution is 7.89. The van der Waals surface area contributed by atoms with Gasteiger partial charge in [-0.3, -0.25) is 4.79 Å². The molecule has 3 rings (SSSR count). The number of morpholine rings is 2. The number of carbonyl (C=O) groups is 1. The molecule has 8 heteroatoms. The van der Waals surface area contributed by atoms with Crippen molar-refractivity contribution in [2.45, 2.75) is 31.0 Å². The first kappa shape index (κ1) is 18.3. The second-order valence-electron chi connectivity index (χ2n) is 6.51. The summed E-state index contributed by atoms with van der Waals surface area (Å²) < 4.78 is 37.8. The third-order valence-electron chi connectivity index (χ3n) is 4.40. The van der Waals surface area contributed by atoms with Crippen LogP contribution < -0.4 is 0 Å². The fraction of sp³-hybridized carbons (Fsp3) is 0.588. The van der Waals surface area contributed by atoms with Crippen LogP contribution in [0.4, 0.5) is 0 Å². The average Bonchev–Trinajstić information content (AvgIpc) is 2.61. The average molecular weight is 368 g/mol. The maximum absolute atomic E-state index is 12.8. The molecule has 0 bridgehead atoms. The third-order valence-corrected chi connectivity index (χ3v) is 6.29. The summed E-state index contributed by atoms with van der Waals surface area (Å²) >= 11 is 0. The largest absolute Gasteiger partial charge is 0.379 e. The van der Waals surface area contributed by atoms with Crippen LogP contribution in [0.15, 0.2) is 29.2 Å². The molecule has 138 valence electrons. The summed E-state index contributed by atoms with van der Waals surface area (Å²) in [4.78, 5) is 14.7. The van der Waals surface area contributed by atoms with Crippen molar-refractivity contribution in [1.29, 1.82) is 0 Å². The molecule has 0 radical (unpaired) electrons. The van der Waals surface area contributed by atoms with Crippen LogP contribution in [0.1, 0.15) is 24.2 Å². The third kappa shape index (κ3) is 4.03. The lowest BCUT2D eigenvalue weighted by atomic mass is 10.1. The number of carbonyl (C=O) groups excluding carboxylic acids is 1. The quantitative estimate of drug-likeness (QED) is 0.794. The maximum atomic E-state index is 12.8. The minimum absolute atomic E-state index is 0.0343. The van der Waals surface area contributed by atoms with Gasteiger partial charge in [-0.1, -0.05) is 6.07 Å². The molecule has 7 nitrogen and oxygen atoms in total. The van der Waals surface area contributed by atoms with Gasteiger partial charge in [0.2, 0.25) is 10.0 Å². The van der Waals surface area contributed by atoms with E-state index in [1.807, 2.05) is 13.8 Å². The van der Waals surface area contributed by atoms with Gasteiger partial charge in [0.25, 0.3) is 5.91 Å². The molecule has 1 aromatic carbocycles. The smallest absolute Gasteiger partial charge is 0.254 e. The van der Waals surface area contributed by atoms with Crippen molar-refractivity contribution in [3.05, 3.63) is 29.8 Å². The summed E-state index contributed by atoms with van der Waals surface area (Å²) in [5.74, 6) is -0.166. The molecular weight excluding hydrogens is 344 g/mol. The first-order valence-corrected chi connectivity index (χ1v) is 9.94. The molecular formula is C17H24N2O5S. The first-order valence-electron chi connectivity index (χ1n) is 8.50. The van der Waals surface area contributed by atoms with E-state index in [0.717, 1.165) is 0 Å². The predicted molar refractivity (Wildman–Crippen MR) is 91.9 cm³/mol. The van der Waals surface area contributed by atoms with E-state index >= 15 is 0 Å². The molecule has 0 saturated carbocycles. The summed E-state index contributed by atoms with van der Waals surface area (Å²) in [6.45, 7) is 6.30. The van der Waals surface area contributed by atoms with Crippen LogP contribution in [-0.2, 0) is 19.5 Å². The SMILES string of the molecule is C[C@@H]1CN(C(=O)c2cccc(S(=O)(=O)N3CCOCC3)c2)C[C@H](C)O1. The van der Waals surface area contributed by atoms with Crippen molar-refractivity contribution >= 4 is 15.9 Å². The summed E-state index contributed by atoms with van der Waals surface area (Å²) in [7, 11) is -3.61. The summed E-state index contributed by atoms with van der Waals surface area (Å²) in [5, 5.41) is 0. The maximum Gasteiger partial charge on any atom is 0.254 e. The molecule has 2 atom stereocenters. The lowest BCUT2D eigenvalue weighted by Crippen LogP contribution is -2.48. The molecule has 2 aliphatic rings. The molecule has 1 aromatic rings. The van der Waals surface area contributed by atoms with E-state index in [1.54, 1.807) is 17.0 Å². The minimum atomic E-state index is -3.61. The summed E-state index contributed by atoms with van der Waals surface area (Å²) in [5.41, 5.74) is 0.385. The van der Waals surface area contributed by atoms with E-state index in [-0.39, 0.29) is 23.0 Å². The van der Waals surface area contributed by atoms with Gasteiger partial charge in [0.1, 0.15) is 0 Å². The van der Waals surface area contributed by atoms with Gasteiger partial charge < -0.3 is 14.4 Å². The van der Waals surface area contributed by atoms with E-state index in [0.29, 0.717) is 45.0 Å². The molecule has 25 heavy (non-hydrogen) atoms. The Morgan fingerprint density at radius 3 is 2.40 bits per heavy atom. The fourth-order valence-electron chi connectivity index (χ4n) is 3.25. The number of rotatable bonds is 3. The molecule has 2 heterocycles. The lowest BCUT2D eigenvalue weighted by Gasteiger charge is -2.35. The van der Waals surface area contributed by atoms with Crippen LogP contribution in [0, 0.1) is 0 Å². The molecule has 0 unspecified atom stereocenters. The van der Waals surface area contributed by atoms with Gasteiger partial charge in [-0.05, 0) is 32.0 Å². The van der Waals surface area contributed by atoms with Crippen LogP contribution in [0.25, 0.3) is 0 Å². The minimum Gasteiger partial charge on any atom is -0.379 e. The van der Waals surface area contributed by atoms with E-state index in [9.17, 15) is 13.2 Å². The molecule has 2 aliphatic heterocycles. The van der Waals surface area contributed by atoms with Crippen LogP contribution >= 0.6 is 0 Å². The zero-order chi connectivity index (χ0) is 18.0. The zero-order valence-electron chi connectivity index (χ0n) is 14.6. The van der Waals surface area contributed by atoms with Crippen molar-refractivity contribution in [3.8, 4) is 0 Å². The van der Waals surface area contributed by atoms with Crippen LogP contribution in [0.3, 0.4) is 0 Å². The highest BCUT2D eigenvalue weighted by Gasteiger charge is 2.29. The van der Waals surface area contributed by atoms with Gasteiger partial charge in [-0.15, -0.1) is 0 Å². The molecule has 2 fully saturated rings. The monoisotopic (exact) mass is 368 g/mol. The Morgan fingerprint density at radius 1 is 1.12 bits per heavy atom. The summed E-state index contributed by atoms with van der Waals surface area (Å²) in [6, 6.07) is 6.28. The van der Waals surface area contributed by atoms with Gasteiger partial charge in [0, 0.05) is 31.7 Å². The van der Waals surface area contributed by atoms with E-state index in [1.165, 1.54) is 16.4 Å². The Morgan fingerprint density at radius 2 is 1.76 bits per heavy atom. The van der Waals surface area contributed by atoms with Crippen LogP contribution in [0.5, 0.6) is 0 Å². The Kier molecular flexibility index (Phi) is 5.43.